The summed E-state index contributed by atoms with van der Waals surface area (Å²) in [6.45, 7) is 4.43. The summed E-state index contributed by atoms with van der Waals surface area (Å²) in [5, 5.41) is 12.1. The van der Waals surface area contributed by atoms with Gasteiger partial charge in [-0.2, -0.15) is 0 Å². The van der Waals surface area contributed by atoms with Crippen LogP contribution in [0.3, 0.4) is 0 Å². The fraction of sp³-hybridized carbons (Fsp3) is 1.00. The second kappa shape index (κ2) is 6.50. The molecule has 0 radical (unpaired) electrons. The Balaban J connectivity index is 2.26. The Bertz CT molecular complexity index is 199. The molecule has 4 heteroatoms. The van der Waals surface area contributed by atoms with Crippen molar-refractivity contribution in [2.24, 2.45) is 11.8 Å². The summed E-state index contributed by atoms with van der Waals surface area (Å²) < 4.78 is 24.2. The maximum Gasteiger partial charge on any atom is 0.265 e. The van der Waals surface area contributed by atoms with Crippen molar-refractivity contribution in [2.45, 2.75) is 58.1 Å². The summed E-state index contributed by atoms with van der Waals surface area (Å²) >= 11 is 0. The van der Waals surface area contributed by atoms with Gasteiger partial charge in [0, 0.05) is 12.6 Å². The van der Waals surface area contributed by atoms with Crippen molar-refractivity contribution in [3.8, 4) is 0 Å². The Labute approximate surface area is 96.4 Å². The van der Waals surface area contributed by atoms with Crippen molar-refractivity contribution in [2.75, 3.05) is 6.54 Å². The van der Waals surface area contributed by atoms with Gasteiger partial charge >= 0.3 is 0 Å². The monoisotopic (exact) mass is 235 g/mol. The molecule has 3 atom stereocenters. The van der Waals surface area contributed by atoms with Crippen LogP contribution < -0.4 is 5.32 Å². The molecule has 1 fully saturated rings. The van der Waals surface area contributed by atoms with Gasteiger partial charge in [0.25, 0.3) is 6.43 Å². The average molecular weight is 235 g/mol. The van der Waals surface area contributed by atoms with Crippen LogP contribution in [0, 0.1) is 11.8 Å². The molecule has 1 rings (SSSR count). The number of aliphatic hydroxyl groups excluding tert-OH is 1. The van der Waals surface area contributed by atoms with Gasteiger partial charge in [0.15, 0.2) is 0 Å². The molecule has 3 unspecified atom stereocenters. The van der Waals surface area contributed by atoms with E-state index in [9.17, 15) is 8.78 Å². The minimum atomic E-state index is -2.64. The lowest BCUT2D eigenvalue weighted by Crippen LogP contribution is -2.41. The minimum Gasteiger partial charge on any atom is -0.386 e. The summed E-state index contributed by atoms with van der Waals surface area (Å²) in [5.74, 6) is 1.35. The van der Waals surface area contributed by atoms with E-state index in [1.807, 2.05) is 0 Å². The van der Waals surface area contributed by atoms with E-state index in [-0.39, 0.29) is 6.54 Å². The van der Waals surface area contributed by atoms with Crippen molar-refractivity contribution < 1.29 is 13.9 Å². The predicted octanol–water partition coefficient (Wildman–Crippen LogP) is 2.42. The molecule has 0 heterocycles. The Morgan fingerprint density at radius 2 is 2.00 bits per heavy atom. The van der Waals surface area contributed by atoms with Crippen molar-refractivity contribution in [1.29, 1.82) is 0 Å². The quantitative estimate of drug-likeness (QED) is 0.767. The molecule has 0 aromatic rings. The summed E-state index contributed by atoms with van der Waals surface area (Å²) in [5.41, 5.74) is 0. The van der Waals surface area contributed by atoms with Gasteiger partial charge in [-0.3, -0.25) is 0 Å². The first-order chi connectivity index (χ1) is 7.50. The largest absolute Gasteiger partial charge is 0.386 e. The number of rotatable bonds is 5. The van der Waals surface area contributed by atoms with Gasteiger partial charge < -0.3 is 10.4 Å². The summed E-state index contributed by atoms with van der Waals surface area (Å²) in [6.07, 6.45) is 0.321. The lowest BCUT2D eigenvalue weighted by Gasteiger charge is -2.32. The zero-order chi connectivity index (χ0) is 12.1. The number of alkyl halides is 2. The fourth-order valence-electron chi connectivity index (χ4n) is 2.39. The van der Waals surface area contributed by atoms with Gasteiger partial charge in [0.1, 0.15) is 6.10 Å². The molecular weight excluding hydrogens is 212 g/mol. The number of aliphatic hydroxyl groups is 1. The van der Waals surface area contributed by atoms with E-state index in [0.717, 1.165) is 19.3 Å². The van der Waals surface area contributed by atoms with E-state index in [1.54, 1.807) is 0 Å². The molecule has 2 nitrogen and oxygen atoms in total. The van der Waals surface area contributed by atoms with Crippen LogP contribution in [0.2, 0.25) is 0 Å². The maximum atomic E-state index is 12.1. The number of hydrogen-bond acceptors (Lipinski definition) is 2. The smallest absolute Gasteiger partial charge is 0.265 e. The third-order valence-electron chi connectivity index (χ3n) is 3.56. The van der Waals surface area contributed by atoms with Gasteiger partial charge in [-0.1, -0.05) is 26.7 Å². The molecule has 16 heavy (non-hydrogen) atoms. The van der Waals surface area contributed by atoms with Crippen molar-refractivity contribution in [3.05, 3.63) is 0 Å². The molecule has 1 aliphatic carbocycles. The maximum absolute atomic E-state index is 12.1. The van der Waals surface area contributed by atoms with E-state index in [2.05, 4.69) is 19.2 Å². The molecule has 1 aliphatic rings. The van der Waals surface area contributed by atoms with Gasteiger partial charge in [-0.15, -0.1) is 0 Å². The lowest BCUT2D eigenvalue weighted by atomic mass is 9.79. The third-order valence-corrected chi connectivity index (χ3v) is 3.56. The van der Waals surface area contributed by atoms with Gasteiger partial charge in [0.05, 0.1) is 0 Å². The first kappa shape index (κ1) is 13.8. The van der Waals surface area contributed by atoms with Crippen LogP contribution in [0.5, 0.6) is 0 Å². The Morgan fingerprint density at radius 1 is 1.31 bits per heavy atom. The van der Waals surface area contributed by atoms with Crippen LogP contribution in [0.1, 0.15) is 39.5 Å². The molecule has 96 valence electrons. The summed E-state index contributed by atoms with van der Waals surface area (Å²) in [4.78, 5) is 0. The summed E-state index contributed by atoms with van der Waals surface area (Å²) in [6, 6.07) is 0.301. The van der Waals surface area contributed by atoms with Crippen molar-refractivity contribution in [1.82, 2.24) is 5.32 Å². The van der Waals surface area contributed by atoms with E-state index in [0.29, 0.717) is 17.9 Å². The third kappa shape index (κ3) is 4.34. The molecular formula is C12H23F2NO. The summed E-state index contributed by atoms with van der Waals surface area (Å²) in [7, 11) is 0. The van der Waals surface area contributed by atoms with Gasteiger partial charge in [-0.25, -0.2) is 8.78 Å². The first-order valence-electron chi connectivity index (χ1n) is 6.20. The normalized spacial score (nSPS) is 28.7. The standard InChI is InChI=1S/C12H23F2NO/c1-8(2)9-4-3-5-10(6-9)15-7-11(16)12(13)14/h8-12,15-16H,3-7H2,1-2H3. The molecule has 0 saturated heterocycles. The average Bonchev–Trinajstić information content (AvgIpc) is 2.26. The zero-order valence-electron chi connectivity index (χ0n) is 10.1. The van der Waals surface area contributed by atoms with Gasteiger partial charge in [0.2, 0.25) is 0 Å². The van der Waals surface area contributed by atoms with Crippen LogP contribution in [0.4, 0.5) is 8.78 Å². The van der Waals surface area contributed by atoms with E-state index >= 15 is 0 Å². The van der Waals surface area contributed by atoms with Crippen LogP contribution in [0.25, 0.3) is 0 Å². The molecule has 0 bridgehead atoms. The Kier molecular flexibility index (Phi) is 5.62. The fourth-order valence-corrected chi connectivity index (χ4v) is 2.39. The molecule has 1 saturated carbocycles. The van der Waals surface area contributed by atoms with Crippen LogP contribution in [-0.4, -0.2) is 30.2 Å². The Hall–Kier alpha value is -0.220. The molecule has 0 amide bonds. The predicted molar refractivity (Wildman–Crippen MR) is 60.6 cm³/mol. The second-order valence-electron chi connectivity index (χ2n) is 5.18. The first-order valence-corrected chi connectivity index (χ1v) is 6.20. The van der Waals surface area contributed by atoms with E-state index in [4.69, 9.17) is 5.11 Å². The van der Waals surface area contributed by atoms with E-state index < -0.39 is 12.5 Å². The topological polar surface area (TPSA) is 32.3 Å². The lowest BCUT2D eigenvalue weighted by molar-refractivity contribution is -0.00577. The highest BCUT2D eigenvalue weighted by atomic mass is 19.3. The minimum absolute atomic E-state index is 0.00709. The van der Waals surface area contributed by atoms with Crippen molar-refractivity contribution >= 4 is 0 Å². The van der Waals surface area contributed by atoms with Crippen LogP contribution in [0.15, 0.2) is 0 Å². The molecule has 0 spiro atoms. The van der Waals surface area contributed by atoms with Crippen LogP contribution in [-0.2, 0) is 0 Å². The highest BCUT2D eigenvalue weighted by Gasteiger charge is 2.25. The SMILES string of the molecule is CC(C)C1CCCC(NCC(O)C(F)F)C1. The highest BCUT2D eigenvalue weighted by molar-refractivity contribution is 4.80. The number of nitrogens with one attached hydrogen (secondary N) is 1. The molecule has 0 aliphatic heterocycles. The Morgan fingerprint density at radius 3 is 2.56 bits per heavy atom. The van der Waals surface area contributed by atoms with Crippen LogP contribution >= 0.6 is 0 Å². The zero-order valence-corrected chi connectivity index (χ0v) is 10.1. The van der Waals surface area contributed by atoms with E-state index in [1.165, 1.54) is 6.42 Å². The number of halogens is 2. The highest BCUT2D eigenvalue weighted by Crippen LogP contribution is 2.29. The van der Waals surface area contributed by atoms with Crippen molar-refractivity contribution in [3.63, 3.8) is 0 Å². The number of hydrogen-bond donors (Lipinski definition) is 2. The molecule has 0 aromatic carbocycles. The molecule has 2 N–H and O–H groups in total. The second-order valence-corrected chi connectivity index (χ2v) is 5.18. The molecule has 0 aromatic heterocycles. The van der Waals surface area contributed by atoms with Gasteiger partial charge in [-0.05, 0) is 24.7 Å².